The van der Waals surface area contributed by atoms with Crippen molar-refractivity contribution in [3.05, 3.63) is 54.1 Å². The molecule has 3 rings (SSSR count). The summed E-state index contributed by atoms with van der Waals surface area (Å²) in [5, 5.41) is 2.62. The molecule has 2 amide bonds. The minimum atomic E-state index is -3.90. The van der Waals surface area contributed by atoms with Crippen LogP contribution >= 0.6 is 0 Å². The summed E-state index contributed by atoms with van der Waals surface area (Å²) in [6, 6.07) is 10.8. The van der Waals surface area contributed by atoms with E-state index >= 15 is 0 Å². The second-order valence-corrected chi connectivity index (χ2v) is 7.30. The molecule has 0 spiro atoms. The van der Waals surface area contributed by atoms with E-state index in [1.807, 2.05) is 4.72 Å². The maximum Gasteiger partial charge on any atom is 0.264 e. The van der Waals surface area contributed by atoms with E-state index in [4.69, 9.17) is 9.47 Å². The highest BCUT2D eigenvalue weighted by Gasteiger charge is 2.15. The molecule has 9 heteroatoms. The second kappa shape index (κ2) is 7.50. The highest BCUT2D eigenvalue weighted by atomic mass is 32.2. The first-order valence-corrected chi connectivity index (χ1v) is 9.34. The van der Waals surface area contributed by atoms with E-state index in [2.05, 4.69) is 5.32 Å². The van der Waals surface area contributed by atoms with Gasteiger partial charge in [0.1, 0.15) is 0 Å². The van der Waals surface area contributed by atoms with Crippen LogP contribution in [-0.2, 0) is 19.6 Å². The lowest BCUT2D eigenvalue weighted by Crippen LogP contribution is -2.28. The molecule has 2 N–H and O–H groups in total. The molecule has 0 saturated carbocycles. The van der Waals surface area contributed by atoms with Crippen molar-refractivity contribution >= 4 is 33.6 Å². The quantitative estimate of drug-likeness (QED) is 0.757. The fraction of sp³-hybridized carbons (Fsp3) is 0.111. The summed E-state index contributed by atoms with van der Waals surface area (Å²) in [7, 11) is -3.90. The van der Waals surface area contributed by atoms with Crippen molar-refractivity contribution in [2.24, 2.45) is 0 Å². The SMILES string of the molecule is CC(=O)NS(=O)(=O)c1ccc(NC(=O)C=Cc2ccc3c(c2)OCO3)cc1. The molecule has 0 radical (unpaired) electrons. The largest absolute Gasteiger partial charge is 0.454 e. The molecule has 1 aliphatic heterocycles. The lowest BCUT2D eigenvalue weighted by molar-refractivity contribution is -0.117. The summed E-state index contributed by atoms with van der Waals surface area (Å²) in [6.07, 6.45) is 2.96. The number of ether oxygens (including phenoxy) is 2. The third-order valence-electron chi connectivity index (χ3n) is 3.53. The van der Waals surface area contributed by atoms with Crippen LogP contribution in [0.1, 0.15) is 12.5 Å². The molecular weight excluding hydrogens is 372 g/mol. The maximum absolute atomic E-state index is 12.0. The van der Waals surface area contributed by atoms with Crippen LogP contribution in [0.25, 0.3) is 6.08 Å². The number of benzene rings is 2. The van der Waals surface area contributed by atoms with Crippen LogP contribution in [0.15, 0.2) is 53.4 Å². The molecular formula is C18H16N2O6S. The molecule has 0 bridgehead atoms. The molecule has 0 aliphatic carbocycles. The standard InChI is InChI=1S/C18H16N2O6S/c1-12(21)20-27(23,24)15-6-4-14(5-7-15)19-18(22)9-3-13-2-8-16-17(10-13)26-11-25-16/h2-10H,11H2,1H3,(H,19,22)(H,20,21). The van der Waals surface area contributed by atoms with Crippen LogP contribution in [0.3, 0.4) is 0 Å². The number of hydrogen-bond acceptors (Lipinski definition) is 6. The zero-order valence-corrected chi connectivity index (χ0v) is 15.1. The summed E-state index contributed by atoms with van der Waals surface area (Å²) in [5.74, 6) is 0.214. The summed E-state index contributed by atoms with van der Waals surface area (Å²) < 4.78 is 36.1. The van der Waals surface area contributed by atoms with E-state index in [-0.39, 0.29) is 17.6 Å². The molecule has 2 aromatic rings. The van der Waals surface area contributed by atoms with Gasteiger partial charge in [0.2, 0.25) is 18.6 Å². The third-order valence-corrected chi connectivity index (χ3v) is 4.98. The van der Waals surface area contributed by atoms with Gasteiger partial charge in [-0.2, -0.15) is 0 Å². The van der Waals surface area contributed by atoms with Crippen LogP contribution in [0, 0.1) is 0 Å². The van der Waals surface area contributed by atoms with Crippen molar-refractivity contribution in [1.82, 2.24) is 4.72 Å². The van der Waals surface area contributed by atoms with Crippen molar-refractivity contribution in [1.29, 1.82) is 0 Å². The Kier molecular flexibility index (Phi) is 5.13. The van der Waals surface area contributed by atoms with Gasteiger partial charge in [-0.25, -0.2) is 13.1 Å². The van der Waals surface area contributed by atoms with E-state index < -0.39 is 15.9 Å². The van der Waals surface area contributed by atoms with Gasteiger partial charge in [0.25, 0.3) is 10.0 Å². The fourth-order valence-electron chi connectivity index (χ4n) is 2.34. The van der Waals surface area contributed by atoms with E-state index in [0.717, 1.165) is 12.5 Å². The number of nitrogens with one attached hydrogen (secondary N) is 2. The van der Waals surface area contributed by atoms with Crippen LogP contribution < -0.4 is 19.5 Å². The van der Waals surface area contributed by atoms with Crippen molar-refractivity contribution in [3.8, 4) is 11.5 Å². The summed E-state index contributed by atoms with van der Waals surface area (Å²) in [5.41, 5.74) is 1.18. The van der Waals surface area contributed by atoms with Gasteiger partial charge in [-0.15, -0.1) is 0 Å². The average Bonchev–Trinajstić information content (AvgIpc) is 3.07. The topological polar surface area (TPSA) is 111 Å². The first-order chi connectivity index (χ1) is 12.8. The minimum Gasteiger partial charge on any atom is -0.454 e. The highest BCUT2D eigenvalue weighted by molar-refractivity contribution is 7.90. The van der Waals surface area contributed by atoms with Crippen molar-refractivity contribution < 1.29 is 27.5 Å². The molecule has 0 atom stereocenters. The van der Waals surface area contributed by atoms with Gasteiger partial charge in [-0.1, -0.05) is 6.07 Å². The molecule has 0 aromatic heterocycles. The van der Waals surface area contributed by atoms with E-state index in [0.29, 0.717) is 17.2 Å². The van der Waals surface area contributed by atoms with Crippen molar-refractivity contribution in [3.63, 3.8) is 0 Å². The molecule has 1 aliphatic rings. The van der Waals surface area contributed by atoms with Crippen molar-refractivity contribution in [2.45, 2.75) is 11.8 Å². The number of sulfonamides is 1. The number of carbonyl (C=O) groups is 2. The summed E-state index contributed by atoms with van der Waals surface area (Å²) >= 11 is 0. The van der Waals surface area contributed by atoms with Gasteiger partial charge in [0.05, 0.1) is 4.90 Å². The van der Waals surface area contributed by atoms with E-state index in [9.17, 15) is 18.0 Å². The zero-order chi connectivity index (χ0) is 19.4. The van der Waals surface area contributed by atoms with E-state index in [1.165, 1.54) is 30.3 Å². The fourth-order valence-corrected chi connectivity index (χ4v) is 3.33. The number of carbonyl (C=O) groups excluding carboxylic acids is 2. The Morgan fingerprint density at radius 2 is 1.74 bits per heavy atom. The van der Waals surface area contributed by atoms with E-state index in [1.54, 1.807) is 24.3 Å². The molecule has 1 heterocycles. The lowest BCUT2D eigenvalue weighted by atomic mass is 10.2. The van der Waals surface area contributed by atoms with Gasteiger partial charge in [-0.3, -0.25) is 9.59 Å². The summed E-state index contributed by atoms with van der Waals surface area (Å²) in [4.78, 5) is 22.9. The number of rotatable bonds is 5. The predicted molar refractivity (Wildman–Crippen MR) is 97.7 cm³/mol. The molecule has 0 fully saturated rings. The monoisotopic (exact) mass is 388 g/mol. The van der Waals surface area contributed by atoms with Gasteiger partial charge in [-0.05, 0) is 48.0 Å². The molecule has 140 valence electrons. The number of anilines is 1. The number of hydrogen-bond donors (Lipinski definition) is 2. The third kappa shape index (κ3) is 4.64. The summed E-state index contributed by atoms with van der Waals surface area (Å²) in [6.45, 7) is 1.29. The van der Waals surface area contributed by atoms with Crippen molar-refractivity contribution in [2.75, 3.05) is 12.1 Å². The Hall–Kier alpha value is -3.33. The Bertz CT molecular complexity index is 1010. The van der Waals surface area contributed by atoms with Crippen LogP contribution in [-0.4, -0.2) is 27.0 Å². The van der Waals surface area contributed by atoms with Crippen LogP contribution in [0.5, 0.6) is 11.5 Å². The molecule has 27 heavy (non-hydrogen) atoms. The minimum absolute atomic E-state index is 0.0772. The first-order valence-electron chi connectivity index (χ1n) is 7.86. The Balaban J connectivity index is 1.63. The first kappa shape index (κ1) is 18.5. The van der Waals surface area contributed by atoms with Gasteiger partial charge in [0.15, 0.2) is 11.5 Å². The predicted octanol–water partition coefficient (Wildman–Crippen LogP) is 1.89. The Morgan fingerprint density at radius 3 is 2.44 bits per heavy atom. The van der Waals surface area contributed by atoms with Crippen LogP contribution in [0.4, 0.5) is 5.69 Å². The zero-order valence-electron chi connectivity index (χ0n) is 14.3. The normalized spacial score (nSPS) is 12.8. The van der Waals surface area contributed by atoms with Gasteiger partial charge < -0.3 is 14.8 Å². The second-order valence-electron chi connectivity index (χ2n) is 5.62. The molecule has 0 unspecified atom stereocenters. The highest BCUT2D eigenvalue weighted by Crippen LogP contribution is 2.32. The maximum atomic E-state index is 12.0. The van der Waals surface area contributed by atoms with Gasteiger partial charge in [0, 0.05) is 18.7 Å². The average molecular weight is 388 g/mol. The smallest absolute Gasteiger partial charge is 0.264 e. The number of fused-ring (bicyclic) bond motifs is 1. The van der Waals surface area contributed by atoms with Crippen LogP contribution in [0.2, 0.25) is 0 Å². The molecule has 2 aromatic carbocycles. The molecule has 8 nitrogen and oxygen atoms in total. The number of amides is 2. The lowest BCUT2D eigenvalue weighted by Gasteiger charge is -2.06. The molecule has 0 saturated heterocycles. The Morgan fingerprint density at radius 1 is 1.04 bits per heavy atom. The Labute approximate surface area is 155 Å². The van der Waals surface area contributed by atoms with Gasteiger partial charge >= 0.3 is 0 Å².